The zero-order valence-corrected chi connectivity index (χ0v) is 18.1. The number of benzene rings is 3. The largest absolute Gasteiger partial charge is 0.355 e. The van der Waals surface area contributed by atoms with Gasteiger partial charge in [-0.1, -0.05) is 59.8 Å². The Labute approximate surface area is 186 Å². The predicted molar refractivity (Wildman–Crippen MR) is 124 cm³/mol. The maximum Gasteiger partial charge on any atom is 0.278 e. The van der Waals surface area contributed by atoms with Crippen LogP contribution in [0, 0.1) is 13.8 Å². The van der Waals surface area contributed by atoms with E-state index in [1.807, 2.05) is 55.5 Å². The number of carbonyl (C=O) groups excluding carboxylic acids is 2. The van der Waals surface area contributed by atoms with Gasteiger partial charge in [0.25, 0.3) is 11.8 Å². The summed E-state index contributed by atoms with van der Waals surface area (Å²) < 4.78 is 1.62. The lowest BCUT2D eigenvalue weighted by Crippen LogP contribution is -2.23. The maximum absolute atomic E-state index is 12.9. The van der Waals surface area contributed by atoms with E-state index in [0.29, 0.717) is 16.9 Å². The van der Waals surface area contributed by atoms with Crippen molar-refractivity contribution in [1.29, 1.82) is 0 Å². The van der Waals surface area contributed by atoms with E-state index in [1.54, 1.807) is 30.8 Å². The van der Waals surface area contributed by atoms with Gasteiger partial charge in [0.15, 0.2) is 5.69 Å². The summed E-state index contributed by atoms with van der Waals surface area (Å²) in [6, 6.07) is 23.3. The van der Waals surface area contributed by atoms with Crippen LogP contribution >= 0.6 is 0 Å². The zero-order valence-electron chi connectivity index (χ0n) is 18.1. The average molecular weight is 425 g/mol. The van der Waals surface area contributed by atoms with Crippen LogP contribution in [-0.4, -0.2) is 33.9 Å². The van der Waals surface area contributed by atoms with Crippen LogP contribution in [0.2, 0.25) is 0 Å². The fraction of sp³-hybridized carbons (Fsp3) is 0.120. The number of hydrogen-bond donors (Lipinski definition) is 2. The molecule has 0 bridgehead atoms. The highest BCUT2D eigenvalue weighted by Gasteiger charge is 2.20. The average Bonchev–Trinajstić information content (AvgIpc) is 3.21. The molecule has 2 N–H and O–H groups in total. The van der Waals surface area contributed by atoms with E-state index in [0.717, 1.165) is 22.4 Å². The van der Waals surface area contributed by atoms with Gasteiger partial charge in [-0.15, -0.1) is 5.10 Å². The Kier molecular flexibility index (Phi) is 5.81. The molecule has 0 radical (unpaired) electrons. The zero-order chi connectivity index (χ0) is 22.7. The first-order valence-corrected chi connectivity index (χ1v) is 10.2. The molecule has 2 amide bonds. The van der Waals surface area contributed by atoms with E-state index in [4.69, 9.17) is 0 Å². The molecule has 7 heteroatoms. The highest BCUT2D eigenvalue weighted by atomic mass is 16.2. The molecular weight excluding hydrogens is 402 g/mol. The van der Waals surface area contributed by atoms with Gasteiger partial charge in [-0.3, -0.25) is 9.59 Å². The number of anilines is 1. The van der Waals surface area contributed by atoms with Gasteiger partial charge >= 0.3 is 0 Å². The second-order valence-corrected chi connectivity index (χ2v) is 7.38. The molecule has 1 aromatic heterocycles. The Morgan fingerprint density at radius 3 is 2.19 bits per heavy atom. The van der Waals surface area contributed by atoms with Crippen molar-refractivity contribution in [3.63, 3.8) is 0 Å². The molecule has 0 spiro atoms. The molecule has 4 aromatic rings. The van der Waals surface area contributed by atoms with E-state index in [9.17, 15) is 9.59 Å². The number of aryl methyl sites for hydroxylation is 1. The van der Waals surface area contributed by atoms with Crippen LogP contribution in [-0.2, 0) is 0 Å². The third-order valence-electron chi connectivity index (χ3n) is 5.30. The third-order valence-corrected chi connectivity index (χ3v) is 5.30. The van der Waals surface area contributed by atoms with Crippen molar-refractivity contribution >= 4 is 17.5 Å². The van der Waals surface area contributed by atoms with Crippen LogP contribution in [0.3, 0.4) is 0 Å². The molecule has 32 heavy (non-hydrogen) atoms. The van der Waals surface area contributed by atoms with Crippen LogP contribution in [0.5, 0.6) is 0 Å². The van der Waals surface area contributed by atoms with Gasteiger partial charge in [-0.2, -0.15) is 0 Å². The van der Waals surface area contributed by atoms with Crippen LogP contribution < -0.4 is 10.6 Å². The Morgan fingerprint density at radius 2 is 1.50 bits per heavy atom. The first kappa shape index (κ1) is 21.0. The van der Waals surface area contributed by atoms with Crippen LogP contribution in [0.25, 0.3) is 16.8 Å². The van der Waals surface area contributed by atoms with E-state index in [1.165, 1.54) is 0 Å². The number of rotatable bonds is 5. The van der Waals surface area contributed by atoms with Crippen molar-refractivity contribution in [1.82, 2.24) is 20.3 Å². The van der Waals surface area contributed by atoms with Gasteiger partial charge in [0.2, 0.25) is 0 Å². The lowest BCUT2D eigenvalue weighted by atomic mass is 10.1. The predicted octanol–water partition coefficient (Wildman–Crippen LogP) is 4.16. The summed E-state index contributed by atoms with van der Waals surface area (Å²) >= 11 is 0. The van der Waals surface area contributed by atoms with Crippen molar-refractivity contribution in [3.8, 4) is 16.8 Å². The van der Waals surface area contributed by atoms with E-state index >= 15 is 0 Å². The van der Waals surface area contributed by atoms with E-state index in [-0.39, 0.29) is 11.6 Å². The summed E-state index contributed by atoms with van der Waals surface area (Å²) in [7, 11) is 1.55. The molecule has 3 aromatic carbocycles. The molecule has 0 aliphatic rings. The molecule has 0 atom stereocenters. The molecule has 7 nitrogen and oxygen atoms in total. The number of hydrogen-bond acceptors (Lipinski definition) is 4. The lowest BCUT2D eigenvalue weighted by Gasteiger charge is -2.12. The second-order valence-electron chi connectivity index (χ2n) is 7.38. The van der Waals surface area contributed by atoms with Gasteiger partial charge in [-0.05, 0) is 48.7 Å². The number of carbonyl (C=O) groups is 2. The smallest absolute Gasteiger partial charge is 0.278 e. The van der Waals surface area contributed by atoms with Gasteiger partial charge in [-0.25, -0.2) is 4.68 Å². The highest BCUT2D eigenvalue weighted by molar-refractivity contribution is 6.09. The number of aromatic nitrogens is 3. The normalized spacial score (nSPS) is 10.6. The molecule has 1 heterocycles. The first-order valence-electron chi connectivity index (χ1n) is 10.2. The molecule has 0 fully saturated rings. The van der Waals surface area contributed by atoms with Crippen molar-refractivity contribution in [2.24, 2.45) is 0 Å². The Hall–Kier alpha value is -4.26. The molecule has 0 unspecified atom stereocenters. The van der Waals surface area contributed by atoms with Crippen molar-refractivity contribution in [2.45, 2.75) is 13.8 Å². The van der Waals surface area contributed by atoms with Crippen LogP contribution in [0.4, 0.5) is 5.69 Å². The fourth-order valence-electron chi connectivity index (χ4n) is 3.59. The molecule has 0 aliphatic heterocycles. The van der Waals surface area contributed by atoms with Crippen molar-refractivity contribution < 1.29 is 9.59 Å². The molecule has 160 valence electrons. The van der Waals surface area contributed by atoms with E-state index in [2.05, 4.69) is 33.1 Å². The number of amides is 2. The minimum absolute atomic E-state index is 0.196. The summed E-state index contributed by atoms with van der Waals surface area (Å²) in [5, 5.41) is 13.7. The van der Waals surface area contributed by atoms with Crippen LogP contribution in [0.15, 0.2) is 72.8 Å². The van der Waals surface area contributed by atoms with E-state index < -0.39 is 5.91 Å². The number of nitrogens with zero attached hydrogens (tertiary/aromatic N) is 3. The molecule has 0 aliphatic carbocycles. The van der Waals surface area contributed by atoms with Gasteiger partial charge in [0, 0.05) is 7.05 Å². The van der Waals surface area contributed by atoms with Crippen molar-refractivity contribution in [3.05, 3.63) is 95.3 Å². The molecule has 0 saturated carbocycles. The molecular formula is C25H23N5O2. The second kappa shape index (κ2) is 8.85. The Balaban J connectivity index is 1.59. The molecule has 4 rings (SSSR count). The summed E-state index contributed by atoms with van der Waals surface area (Å²) in [4.78, 5) is 25.2. The summed E-state index contributed by atoms with van der Waals surface area (Å²) in [6.07, 6.45) is 0. The van der Waals surface area contributed by atoms with Gasteiger partial charge < -0.3 is 10.6 Å². The molecule has 0 saturated heterocycles. The third kappa shape index (κ3) is 4.00. The summed E-state index contributed by atoms with van der Waals surface area (Å²) in [5.41, 5.74) is 5.42. The van der Waals surface area contributed by atoms with Gasteiger partial charge in [0.1, 0.15) is 0 Å². The maximum atomic E-state index is 12.9. The Morgan fingerprint density at radius 1 is 0.812 bits per heavy atom. The summed E-state index contributed by atoms with van der Waals surface area (Å²) in [5.74, 6) is -0.692. The minimum atomic E-state index is -0.426. The quantitative estimate of drug-likeness (QED) is 0.502. The Bertz CT molecular complexity index is 1280. The lowest BCUT2D eigenvalue weighted by molar-refractivity contribution is 0.0963. The highest BCUT2D eigenvalue weighted by Crippen LogP contribution is 2.23. The van der Waals surface area contributed by atoms with Gasteiger partial charge in [0.05, 0.1) is 22.6 Å². The minimum Gasteiger partial charge on any atom is -0.355 e. The number of nitrogens with one attached hydrogen (secondary N) is 2. The van der Waals surface area contributed by atoms with Crippen LogP contribution in [0.1, 0.15) is 32.1 Å². The first-order chi connectivity index (χ1) is 15.5. The summed E-state index contributed by atoms with van der Waals surface area (Å²) in [6.45, 7) is 3.61. The van der Waals surface area contributed by atoms with Crippen molar-refractivity contribution in [2.75, 3.05) is 12.4 Å². The monoisotopic (exact) mass is 425 g/mol. The standard InChI is InChI=1S/C25H23N5O2/c1-16-8-7-11-21(22(16)24(31)26-3)27-25(32)23-17(2)30(29-28-23)20-14-12-19(13-15-20)18-9-5-4-6-10-18/h4-15H,1-3H3,(H,26,31)(H,27,32). The SMILES string of the molecule is CNC(=O)c1c(C)cccc1NC(=O)c1nnn(-c2ccc(-c3ccccc3)cc2)c1C. The topological polar surface area (TPSA) is 88.9 Å². The fourth-order valence-corrected chi connectivity index (χ4v) is 3.59.